The van der Waals surface area contributed by atoms with E-state index in [2.05, 4.69) is 17.2 Å². The zero-order valence-corrected chi connectivity index (χ0v) is 13.1. The lowest BCUT2D eigenvalue weighted by Crippen LogP contribution is -2.13. The molecule has 1 aromatic carbocycles. The summed E-state index contributed by atoms with van der Waals surface area (Å²) < 4.78 is 5.09. The smallest absolute Gasteiger partial charge is 0.274 e. The number of ether oxygens (including phenoxy) is 1. The third-order valence-corrected chi connectivity index (χ3v) is 3.47. The second-order valence-electron chi connectivity index (χ2n) is 5.19. The minimum absolute atomic E-state index is 0.203. The van der Waals surface area contributed by atoms with E-state index in [0.717, 1.165) is 24.3 Å². The Labute approximate surface area is 131 Å². The number of anilines is 1. The van der Waals surface area contributed by atoms with Crippen LogP contribution in [0.15, 0.2) is 42.6 Å². The molecule has 0 fully saturated rings. The number of nitrogens with one attached hydrogen (secondary N) is 1. The Morgan fingerprint density at radius 2 is 1.91 bits per heavy atom. The first-order chi connectivity index (χ1) is 10.7. The van der Waals surface area contributed by atoms with Crippen LogP contribution in [0.1, 0.15) is 42.2 Å². The summed E-state index contributed by atoms with van der Waals surface area (Å²) in [4.78, 5) is 16.4. The molecule has 0 bridgehead atoms. The number of amides is 1. The zero-order valence-electron chi connectivity index (χ0n) is 13.1. The van der Waals surface area contributed by atoms with Gasteiger partial charge in [-0.2, -0.15) is 0 Å². The Hall–Kier alpha value is -2.36. The van der Waals surface area contributed by atoms with Crippen molar-refractivity contribution in [2.24, 2.45) is 0 Å². The molecule has 0 aliphatic carbocycles. The van der Waals surface area contributed by atoms with Crippen LogP contribution in [-0.4, -0.2) is 18.0 Å². The molecule has 4 heteroatoms. The van der Waals surface area contributed by atoms with Gasteiger partial charge in [-0.1, -0.05) is 25.8 Å². The number of hydrogen-bond acceptors (Lipinski definition) is 3. The van der Waals surface area contributed by atoms with Crippen LogP contribution in [0.2, 0.25) is 0 Å². The van der Waals surface area contributed by atoms with E-state index in [-0.39, 0.29) is 5.91 Å². The van der Waals surface area contributed by atoms with E-state index >= 15 is 0 Å². The first-order valence-electron chi connectivity index (χ1n) is 7.63. The molecule has 116 valence electrons. The zero-order chi connectivity index (χ0) is 15.8. The van der Waals surface area contributed by atoms with Gasteiger partial charge in [-0.05, 0) is 48.7 Å². The van der Waals surface area contributed by atoms with Crippen molar-refractivity contribution in [3.63, 3.8) is 0 Å². The minimum Gasteiger partial charge on any atom is -0.497 e. The van der Waals surface area contributed by atoms with Gasteiger partial charge < -0.3 is 10.1 Å². The van der Waals surface area contributed by atoms with E-state index in [9.17, 15) is 4.79 Å². The van der Waals surface area contributed by atoms with Crippen molar-refractivity contribution in [2.45, 2.75) is 32.6 Å². The molecule has 1 aromatic heterocycles. The highest BCUT2D eigenvalue weighted by Crippen LogP contribution is 2.15. The Bertz CT molecular complexity index is 591. The number of hydrogen-bond donors (Lipinski definition) is 1. The number of carbonyl (C=O) groups excluding carboxylic acids is 1. The highest BCUT2D eigenvalue weighted by Gasteiger charge is 2.07. The summed E-state index contributed by atoms with van der Waals surface area (Å²) >= 11 is 0. The predicted octanol–water partition coefficient (Wildman–Crippen LogP) is 4.08. The highest BCUT2D eigenvalue weighted by molar-refractivity contribution is 6.02. The van der Waals surface area contributed by atoms with Crippen LogP contribution in [-0.2, 0) is 6.42 Å². The summed E-state index contributed by atoms with van der Waals surface area (Å²) in [5, 5.41) is 2.82. The Kier molecular flexibility index (Phi) is 5.95. The fraction of sp³-hybridized carbons (Fsp3) is 0.333. The van der Waals surface area contributed by atoms with Crippen LogP contribution in [0.25, 0.3) is 0 Å². The van der Waals surface area contributed by atoms with Crippen LogP contribution in [0.4, 0.5) is 5.69 Å². The van der Waals surface area contributed by atoms with Crippen molar-refractivity contribution in [3.8, 4) is 5.75 Å². The lowest BCUT2D eigenvalue weighted by atomic mass is 10.1. The summed E-state index contributed by atoms with van der Waals surface area (Å²) in [5.74, 6) is 0.554. The van der Waals surface area contributed by atoms with E-state index in [0.29, 0.717) is 5.69 Å². The van der Waals surface area contributed by atoms with Crippen LogP contribution in [0.5, 0.6) is 5.75 Å². The molecule has 0 saturated carbocycles. The number of rotatable bonds is 7. The van der Waals surface area contributed by atoms with Crippen molar-refractivity contribution in [1.82, 2.24) is 4.98 Å². The number of pyridine rings is 1. The van der Waals surface area contributed by atoms with Crippen molar-refractivity contribution < 1.29 is 9.53 Å². The van der Waals surface area contributed by atoms with Crippen molar-refractivity contribution in [2.75, 3.05) is 12.4 Å². The molecule has 22 heavy (non-hydrogen) atoms. The molecule has 0 spiro atoms. The number of unbranched alkanes of at least 4 members (excludes halogenated alkanes) is 2. The van der Waals surface area contributed by atoms with Crippen molar-refractivity contribution >= 4 is 11.6 Å². The van der Waals surface area contributed by atoms with Gasteiger partial charge in [-0.25, -0.2) is 0 Å². The van der Waals surface area contributed by atoms with E-state index in [4.69, 9.17) is 4.74 Å². The molecular formula is C18H22N2O2. The van der Waals surface area contributed by atoms with Gasteiger partial charge in [-0.15, -0.1) is 0 Å². The second-order valence-corrected chi connectivity index (χ2v) is 5.19. The maximum atomic E-state index is 12.1. The maximum Gasteiger partial charge on any atom is 0.274 e. The molecule has 4 nitrogen and oxygen atoms in total. The van der Waals surface area contributed by atoms with Crippen LogP contribution >= 0.6 is 0 Å². The topological polar surface area (TPSA) is 51.2 Å². The first kappa shape index (κ1) is 16.0. The molecular weight excluding hydrogens is 276 g/mol. The van der Waals surface area contributed by atoms with E-state index in [1.165, 1.54) is 18.4 Å². The standard InChI is InChI=1S/C18H22N2O2/c1-3-4-5-6-14-7-12-17(19-13-14)18(21)20-15-8-10-16(22-2)11-9-15/h7-13H,3-6H2,1-2H3,(H,20,21). The van der Waals surface area contributed by atoms with Gasteiger partial charge in [-0.3, -0.25) is 9.78 Å². The van der Waals surface area contributed by atoms with Crippen molar-refractivity contribution in [1.29, 1.82) is 0 Å². The largest absolute Gasteiger partial charge is 0.497 e. The molecule has 0 saturated heterocycles. The van der Waals surface area contributed by atoms with Crippen molar-refractivity contribution in [3.05, 3.63) is 53.9 Å². The molecule has 0 atom stereocenters. The van der Waals surface area contributed by atoms with Gasteiger partial charge in [0.2, 0.25) is 0 Å². The number of carbonyl (C=O) groups is 1. The van der Waals surface area contributed by atoms with Gasteiger partial charge in [0.05, 0.1) is 7.11 Å². The summed E-state index contributed by atoms with van der Waals surface area (Å²) in [6.45, 7) is 2.19. The summed E-state index contributed by atoms with van der Waals surface area (Å²) in [6, 6.07) is 11.0. The van der Waals surface area contributed by atoms with E-state index in [1.807, 2.05) is 6.07 Å². The molecule has 2 rings (SSSR count). The third-order valence-electron chi connectivity index (χ3n) is 3.47. The number of nitrogens with zero attached hydrogens (tertiary/aromatic N) is 1. The number of aryl methyl sites for hydroxylation is 1. The summed E-state index contributed by atoms with van der Waals surface area (Å²) in [5.41, 5.74) is 2.32. The monoisotopic (exact) mass is 298 g/mol. The maximum absolute atomic E-state index is 12.1. The van der Waals surface area contributed by atoms with E-state index < -0.39 is 0 Å². The van der Waals surface area contributed by atoms with Crippen LogP contribution in [0.3, 0.4) is 0 Å². The SMILES string of the molecule is CCCCCc1ccc(C(=O)Nc2ccc(OC)cc2)nc1. The number of benzene rings is 1. The Balaban J connectivity index is 1.94. The predicted molar refractivity (Wildman–Crippen MR) is 88.4 cm³/mol. The number of methoxy groups -OCH3 is 1. The Morgan fingerprint density at radius 1 is 1.14 bits per heavy atom. The third kappa shape index (κ3) is 4.58. The molecule has 0 aliphatic heterocycles. The number of aromatic nitrogens is 1. The van der Waals surface area contributed by atoms with Crippen LogP contribution in [0, 0.1) is 0 Å². The quantitative estimate of drug-likeness (QED) is 0.784. The van der Waals surface area contributed by atoms with Gasteiger partial charge >= 0.3 is 0 Å². The minimum atomic E-state index is -0.203. The lowest BCUT2D eigenvalue weighted by molar-refractivity contribution is 0.102. The molecule has 0 unspecified atom stereocenters. The summed E-state index contributed by atoms with van der Waals surface area (Å²) in [6.07, 6.45) is 6.39. The fourth-order valence-electron chi connectivity index (χ4n) is 2.16. The highest BCUT2D eigenvalue weighted by atomic mass is 16.5. The normalized spacial score (nSPS) is 10.3. The van der Waals surface area contributed by atoms with Gasteiger partial charge in [0.15, 0.2) is 0 Å². The molecule has 2 aromatic rings. The molecule has 1 heterocycles. The van der Waals surface area contributed by atoms with Gasteiger partial charge in [0.1, 0.15) is 11.4 Å². The van der Waals surface area contributed by atoms with Gasteiger partial charge in [0, 0.05) is 11.9 Å². The fourth-order valence-corrected chi connectivity index (χ4v) is 2.16. The van der Waals surface area contributed by atoms with E-state index in [1.54, 1.807) is 43.6 Å². The Morgan fingerprint density at radius 3 is 2.50 bits per heavy atom. The average molecular weight is 298 g/mol. The molecule has 1 amide bonds. The first-order valence-corrected chi connectivity index (χ1v) is 7.63. The average Bonchev–Trinajstić information content (AvgIpc) is 2.56. The molecule has 0 radical (unpaired) electrons. The van der Waals surface area contributed by atoms with Gasteiger partial charge in [0.25, 0.3) is 5.91 Å². The molecule has 1 N–H and O–H groups in total. The van der Waals surface area contributed by atoms with Crippen LogP contribution < -0.4 is 10.1 Å². The lowest BCUT2D eigenvalue weighted by Gasteiger charge is -2.06. The molecule has 0 aliphatic rings. The second kappa shape index (κ2) is 8.17. The summed E-state index contributed by atoms with van der Waals surface area (Å²) in [7, 11) is 1.61.